The number of rotatable bonds is 7. The summed E-state index contributed by atoms with van der Waals surface area (Å²) in [4.78, 5) is 11.7. The van der Waals surface area contributed by atoms with Gasteiger partial charge in [0.25, 0.3) is 0 Å². The average Bonchev–Trinajstić information content (AvgIpc) is 2.49. The molecule has 5 heteroatoms. The Morgan fingerprint density at radius 3 is 2.14 bits per heavy atom. The highest BCUT2D eigenvalue weighted by molar-refractivity contribution is 5.91. The summed E-state index contributed by atoms with van der Waals surface area (Å²) >= 11 is 0. The van der Waals surface area contributed by atoms with Crippen LogP contribution in [0.5, 0.6) is 17.2 Å². The average molecular weight is 293 g/mol. The molecule has 0 fully saturated rings. The van der Waals surface area contributed by atoms with Crippen LogP contribution in [-0.4, -0.2) is 33.8 Å². The summed E-state index contributed by atoms with van der Waals surface area (Å²) in [5, 5.41) is 2.82. The van der Waals surface area contributed by atoms with Crippen LogP contribution in [0.25, 0.3) is 6.08 Å². The van der Waals surface area contributed by atoms with Crippen LogP contribution < -0.4 is 19.5 Å². The molecule has 0 atom stereocenters. The predicted octanol–water partition coefficient (Wildman–Crippen LogP) is 2.50. The third-order valence-electron chi connectivity index (χ3n) is 2.80. The standard InChI is InChI=1S/C16H23NO4/c1-11(2)10-17-15(18)7-6-12-8-13(19-3)16(21-5)14(9-12)20-4/h6-9,11H,10H2,1-5H3,(H,17,18). The van der Waals surface area contributed by atoms with E-state index >= 15 is 0 Å². The Morgan fingerprint density at radius 2 is 1.71 bits per heavy atom. The van der Waals surface area contributed by atoms with Crippen LogP contribution >= 0.6 is 0 Å². The van der Waals surface area contributed by atoms with E-state index in [0.29, 0.717) is 29.7 Å². The van der Waals surface area contributed by atoms with Crippen molar-refractivity contribution in [2.75, 3.05) is 27.9 Å². The Morgan fingerprint density at radius 1 is 1.14 bits per heavy atom. The molecule has 1 aromatic rings. The van der Waals surface area contributed by atoms with Crippen LogP contribution in [0, 0.1) is 5.92 Å². The molecular formula is C16H23NO4. The van der Waals surface area contributed by atoms with Gasteiger partial charge in [0.1, 0.15) is 0 Å². The molecule has 21 heavy (non-hydrogen) atoms. The molecule has 0 aliphatic rings. The maximum Gasteiger partial charge on any atom is 0.244 e. The minimum atomic E-state index is -0.127. The zero-order chi connectivity index (χ0) is 15.8. The van der Waals surface area contributed by atoms with Gasteiger partial charge in [-0.05, 0) is 29.7 Å². The first-order valence-electron chi connectivity index (χ1n) is 6.77. The Balaban J connectivity index is 2.91. The lowest BCUT2D eigenvalue weighted by atomic mass is 10.1. The van der Waals surface area contributed by atoms with Crippen LogP contribution in [0.2, 0.25) is 0 Å². The lowest BCUT2D eigenvalue weighted by Gasteiger charge is -2.12. The minimum Gasteiger partial charge on any atom is -0.493 e. The fourth-order valence-corrected chi connectivity index (χ4v) is 1.73. The van der Waals surface area contributed by atoms with Crippen LogP contribution in [0.4, 0.5) is 0 Å². The molecule has 0 heterocycles. The van der Waals surface area contributed by atoms with Crippen LogP contribution in [-0.2, 0) is 4.79 Å². The molecule has 1 rings (SSSR count). The first-order valence-corrected chi connectivity index (χ1v) is 6.77. The van der Waals surface area contributed by atoms with Gasteiger partial charge in [0, 0.05) is 12.6 Å². The number of carbonyl (C=O) groups is 1. The first kappa shape index (κ1) is 16.9. The smallest absolute Gasteiger partial charge is 0.244 e. The zero-order valence-corrected chi connectivity index (χ0v) is 13.2. The first-order chi connectivity index (χ1) is 10.0. The highest BCUT2D eigenvalue weighted by Crippen LogP contribution is 2.38. The molecule has 0 aromatic heterocycles. The molecule has 0 bridgehead atoms. The van der Waals surface area contributed by atoms with Gasteiger partial charge in [0.2, 0.25) is 11.7 Å². The van der Waals surface area contributed by atoms with E-state index in [0.717, 1.165) is 5.56 Å². The second kappa shape index (κ2) is 8.19. The Kier molecular flexibility index (Phi) is 6.59. The fourth-order valence-electron chi connectivity index (χ4n) is 1.73. The number of ether oxygens (including phenoxy) is 3. The summed E-state index contributed by atoms with van der Waals surface area (Å²) in [6, 6.07) is 3.57. The van der Waals surface area contributed by atoms with E-state index in [1.165, 1.54) is 6.08 Å². The van der Waals surface area contributed by atoms with Crippen molar-refractivity contribution in [2.24, 2.45) is 5.92 Å². The van der Waals surface area contributed by atoms with Gasteiger partial charge in [-0.25, -0.2) is 0 Å². The van der Waals surface area contributed by atoms with Crippen molar-refractivity contribution in [1.82, 2.24) is 5.32 Å². The van der Waals surface area contributed by atoms with E-state index in [4.69, 9.17) is 14.2 Å². The van der Waals surface area contributed by atoms with E-state index in [9.17, 15) is 4.79 Å². The maximum atomic E-state index is 11.7. The van der Waals surface area contributed by atoms with Crippen LogP contribution in [0.1, 0.15) is 19.4 Å². The van der Waals surface area contributed by atoms with Crippen molar-refractivity contribution in [1.29, 1.82) is 0 Å². The van der Waals surface area contributed by atoms with Crippen molar-refractivity contribution in [3.05, 3.63) is 23.8 Å². The van der Waals surface area contributed by atoms with Gasteiger partial charge < -0.3 is 19.5 Å². The van der Waals surface area contributed by atoms with Gasteiger partial charge in [-0.2, -0.15) is 0 Å². The zero-order valence-electron chi connectivity index (χ0n) is 13.2. The Labute approximate surface area is 125 Å². The number of amides is 1. The highest BCUT2D eigenvalue weighted by Gasteiger charge is 2.12. The van der Waals surface area contributed by atoms with Crippen LogP contribution in [0.3, 0.4) is 0 Å². The second-order valence-corrected chi connectivity index (χ2v) is 4.93. The molecule has 5 nitrogen and oxygen atoms in total. The second-order valence-electron chi connectivity index (χ2n) is 4.93. The minimum absolute atomic E-state index is 0.127. The molecule has 1 N–H and O–H groups in total. The van der Waals surface area contributed by atoms with Gasteiger partial charge in [-0.3, -0.25) is 4.79 Å². The third-order valence-corrected chi connectivity index (χ3v) is 2.80. The lowest BCUT2D eigenvalue weighted by Crippen LogP contribution is -2.25. The topological polar surface area (TPSA) is 56.8 Å². The highest BCUT2D eigenvalue weighted by atomic mass is 16.5. The number of methoxy groups -OCH3 is 3. The monoisotopic (exact) mass is 293 g/mol. The van der Waals surface area contributed by atoms with E-state index in [2.05, 4.69) is 5.32 Å². The van der Waals surface area contributed by atoms with Gasteiger partial charge in [0.15, 0.2) is 11.5 Å². The van der Waals surface area contributed by atoms with Crippen molar-refractivity contribution in [3.63, 3.8) is 0 Å². The quantitative estimate of drug-likeness (QED) is 0.785. The number of hydrogen-bond acceptors (Lipinski definition) is 4. The molecule has 0 spiro atoms. The number of nitrogens with one attached hydrogen (secondary N) is 1. The number of hydrogen-bond donors (Lipinski definition) is 1. The summed E-state index contributed by atoms with van der Waals surface area (Å²) in [7, 11) is 4.66. The molecule has 1 aromatic carbocycles. The largest absolute Gasteiger partial charge is 0.493 e. The molecule has 116 valence electrons. The van der Waals surface area contributed by atoms with Gasteiger partial charge in [-0.1, -0.05) is 13.8 Å². The SMILES string of the molecule is COc1cc(C=CC(=O)NCC(C)C)cc(OC)c1OC. The Bertz CT molecular complexity index is 484. The number of carbonyl (C=O) groups excluding carboxylic acids is 1. The van der Waals surface area contributed by atoms with Crippen molar-refractivity contribution in [2.45, 2.75) is 13.8 Å². The molecule has 0 saturated heterocycles. The fraction of sp³-hybridized carbons (Fsp3) is 0.438. The molecule has 0 aliphatic carbocycles. The maximum absolute atomic E-state index is 11.7. The van der Waals surface area contributed by atoms with Gasteiger partial charge in [0.05, 0.1) is 21.3 Å². The summed E-state index contributed by atoms with van der Waals surface area (Å²) in [5.74, 6) is 1.93. The lowest BCUT2D eigenvalue weighted by molar-refractivity contribution is -0.116. The van der Waals surface area contributed by atoms with E-state index in [1.807, 2.05) is 13.8 Å². The van der Waals surface area contributed by atoms with E-state index in [1.54, 1.807) is 39.5 Å². The molecule has 0 saturated carbocycles. The third kappa shape index (κ3) is 5.02. The van der Waals surface area contributed by atoms with E-state index in [-0.39, 0.29) is 5.91 Å². The normalized spacial score (nSPS) is 10.8. The van der Waals surface area contributed by atoms with E-state index < -0.39 is 0 Å². The molecule has 1 amide bonds. The van der Waals surface area contributed by atoms with Crippen molar-refractivity contribution >= 4 is 12.0 Å². The molecule has 0 radical (unpaired) electrons. The summed E-state index contributed by atoms with van der Waals surface area (Å²) < 4.78 is 15.8. The van der Waals surface area contributed by atoms with Crippen molar-refractivity contribution < 1.29 is 19.0 Å². The predicted molar refractivity (Wildman–Crippen MR) is 83.0 cm³/mol. The van der Waals surface area contributed by atoms with Crippen LogP contribution in [0.15, 0.2) is 18.2 Å². The Hall–Kier alpha value is -2.17. The van der Waals surface area contributed by atoms with Gasteiger partial charge >= 0.3 is 0 Å². The summed E-state index contributed by atoms with van der Waals surface area (Å²) in [6.45, 7) is 4.74. The summed E-state index contributed by atoms with van der Waals surface area (Å²) in [6.07, 6.45) is 3.20. The molecule has 0 unspecified atom stereocenters. The molecule has 0 aliphatic heterocycles. The molecular weight excluding hydrogens is 270 g/mol. The van der Waals surface area contributed by atoms with Gasteiger partial charge in [-0.15, -0.1) is 0 Å². The van der Waals surface area contributed by atoms with Crippen molar-refractivity contribution in [3.8, 4) is 17.2 Å². The summed E-state index contributed by atoms with van der Waals surface area (Å²) in [5.41, 5.74) is 0.796. The number of benzene rings is 1.